The van der Waals surface area contributed by atoms with Gasteiger partial charge in [0, 0.05) is 0 Å². The van der Waals surface area contributed by atoms with Gasteiger partial charge in [0.1, 0.15) is 0 Å². The molecule has 0 aliphatic rings. The number of halogens is 2. The maximum absolute atomic E-state index is 11.6. The van der Waals surface area contributed by atoms with Crippen LogP contribution in [0.5, 0.6) is 0 Å². The molecule has 104 valence electrons. The Hall–Kier alpha value is -1.30. The van der Waals surface area contributed by atoms with Gasteiger partial charge in [0.25, 0.3) is 0 Å². The first-order chi connectivity index (χ1) is 8.99. The van der Waals surface area contributed by atoms with E-state index in [1.807, 2.05) is 0 Å². The molecule has 1 rings (SSSR count). The van der Waals surface area contributed by atoms with E-state index in [9.17, 15) is 9.59 Å². The van der Waals surface area contributed by atoms with E-state index in [0.29, 0.717) is 6.42 Å². The molecule has 1 unspecified atom stereocenters. The summed E-state index contributed by atoms with van der Waals surface area (Å²) in [5.41, 5.74) is 0.256. The number of rotatable bonds is 4. The van der Waals surface area contributed by atoms with E-state index >= 15 is 0 Å². The number of hydrogen-bond donors (Lipinski definition) is 3. The quantitative estimate of drug-likeness (QED) is 0.742. The van der Waals surface area contributed by atoms with Gasteiger partial charge in [0.2, 0.25) is 0 Å². The van der Waals surface area contributed by atoms with E-state index < -0.39 is 17.9 Å². The van der Waals surface area contributed by atoms with Crippen LogP contribution in [0.4, 0.5) is 5.69 Å². The third kappa shape index (κ3) is 4.38. The zero-order chi connectivity index (χ0) is 14.4. The monoisotopic (exact) mass is 304 g/mol. The Kier molecular flexibility index (Phi) is 6.08. The lowest BCUT2D eigenvalue weighted by molar-refractivity contribution is -0.136. The lowest BCUT2D eigenvalue weighted by Crippen LogP contribution is -2.43. The second-order valence-corrected chi connectivity index (χ2v) is 4.60. The Morgan fingerprint density at radius 3 is 2.58 bits per heavy atom. The summed E-state index contributed by atoms with van der Waals surface area (Å²) in [4.78, 5) is 23.2. The van der Waals surface area contributed by atoms with Gasteiger partial charge in [0.15, 0.2) is 0 Å². The minimum absolute atomic E-state index is 0.166. The smallest absolute Gasteiger partial charge is 0.313 e. The topological polar surface area (TPSA) is 78.4 Å². The van der Waals surface area contributed by atoms with E-state index in [1.165, 1.54) is 6.07 Å². The molecule has 1 aromatic rings. The zero-order valence-corrected chi connectivity index (χ0v) is 11.8. The van der Waals surface area contributed by atoms with Crippen molar-refractivity contribution >= 4 is 40.7 Å². The minimum Gasteiger partial charge on any atom is -0.394 e. The summed E-state index contributed by atoms with van der Waals surface area (Å²) in [5.74, 6) is -1.70. The molecule has 0 saturated carbocycles. The van der Waals surface area contributed by atoms with Crippen LogP contribution in [0.1, 0.15) is 13.3 Å². The molecule has 7 heteroatoms. The molecular weight excluding hydrogens is 291 g/mol. The molecular formula is C12H14Cl2N2O3. The van der Waals surface area contributed by atoms with Crippen molar-refractivity contribution in [1.29, 1.82) is 0 Å². The fraction of sp³-hybridized carbons (Fsp3) is 0.333. The highest BCUT2D eigenvalue weighted by molar-refractivity contribution is 6.45. The van der Waals surface area contributed by atoms with Gasteiger partial charge < -0.3 is 15.7 Å². The Morgan fingerprint density at radius 2 is 2.00 bits per heavy atom. The Morgan fingerprint density at radius 1 is 1.32 bits per heavy atom. The summed E-state index contributed by atoms with van der Waals surface area (Å²) in [6.45, 7) is 1.56. The van der Waals surface area contributed by atoms with E-state index in [0.717, 1.165) is 0 Å². The van der Waals surface area contributed by atoms with Crippen LogP contribution < -0.4 is 10.6 Å². The Labute approximate surface area is 120 Å². The highest BCUT2D eigenvalue weighted by Gasteiger charge is 2.18. The third-order valence-corrected chi connectivity index (χ3v) is 3.27. The van der Waals surface area contributed by atoms with Gasteiger partial charge in [-0.15, -0.1) is 0 Å². The second-order valence-electron chi connectivity index (χ2n) is 3.82. The molecule has 0 fully saturated rings. The number of anilines is 1. The maximum Gasteiger partial charge on any atom is 0.313 e. The van der Waals surface area contributed by atoms with Gasteiger partial charge in [-0.1, -0.05) is 36.2 Å². The number of benzene rings is 1. The molecule has 0 spiro atoms. The molecule has 0 heterocycles. The van der Waals surface area contributed by atoms with Crippen molar-refractivity contribution < 1.29 is 14.7 Å². The molecule has 0 saturated heterocycles. The van der Waals surface area contributed by atoms with Crippen molar-refractivity contribution in [3.05, 3.63) is 28.2 Å². The van der Waals surface area contributed by atoms with Crippen LogP contribution in [0.2, 0.25) is 10.0 Å². The van der Waals surface area contributed by atoms with Crippen molar-refractivity contribution in [1.82, 2.24) is 5.32 Å². The molecule has 0 aliphatic carbocycles. The van der Waals surface area contributed by atoms with Crippen LogP contribution in [0, 0.1) is 0 Å². The average Bonchev–Trinajstić information content (AvgIpc) is 2.40. The highest BCUT2D eigenvalue weighted by atomic mass is 35.5. The first-order valence-electron chi connectivity index (χ1n) is 5.66. The third-order valence-electron chi connectivity index (χ3n) is 2.45. The summed E-state index contributed by atoms with van der Waals surface area (Å²) in [7, 11) is 0. The first-order valence-corrected chi connectivity index (χ1v) is 6.41. The second kappa shape index (κ2) is 7.33. The summed E-state index contributed by atoms with van der Waals surface area (Å²) in [5, 5.41) is 14.1. The van der Waals surface area contributed by atoms with Crippen molar-refractivity contribution in [2.45, 2.75) is 19.4 Å². The minimum atomic E-state index is -0.865. The Bertz CT molecular complexity index is 476. The number of carbonyl (C=O) groups excluding carboxylic acids is 2. The molecule has 1 aromatic carbocycles. The lowest BCUT2D eigenvalue weighted by Gasteiger charge is -2.14. The molecule has 3 N–H and O–H groups in total. The molecule has 1 atom stereocenters. The fourth-order valence-electron chi connectivity index (χ4n) is 1.31. The predicted molar refractivity (Wildman–Crippen MR) is 74.4 cm³/mol. The largest absolute Gasteiger partial charge is 0.394 e. The molecule has 0 radical (unpaired) electrons. The van der Waals surface area contributed by atoms with E-state index in [1.54, 1.807) is 19.1 Å². The van der Waals surface area contributed by atoms with Gasteiger partial charge in [-0.25, -0.2) is 0 Å². The van der Waals surface area contributed by atoms with Gasteiger partial charge in [-0.2, -0.15) is 0 Å². The standard InChI is InChI=1S/C12H14Cl2N2O3/c1-2-7(6-17)15-11(18)12(19)16-9-5-3-4-8(13)10(9)14/h3-5,7,17H,2,6H2,1H3,(H,15,18)(H,16,19). The van der Waals surface area contributed by atoms with Crippen molar-refractivity contribution in [3.8, 4) is 0 Å². The van der Waals surface area contributed by atoms with Crippen LogP contribution in [-0.4, -0.2) is 29.6 Å². The lowest BCUT2D eigenvalue weighted by atomic mass is 10.2. The molecule has 5 nitrogen and oxygen atoms in total. The van der Waals surface area contributed by atoms with Crippen LogP contribution in [0.25, 0.3) is 0 Å². The van der Waals surface area contributed by atoms with E-state index in [2.05, 4.69) is 10.6 Å². The molecule has 0 aliphatic heterocycles. The van der Waals surface area contributed by atoms with Crippen LogP contribution >= 0.6 is 23.2 Å². The summed E-state index contributed by atoms with van der Waals surface area (Å²) >= 11 is 11.7. The van der Waals surface area contributed by atoms with Gasteiger partial charge in [-0.3, -0.25) is 9.59 Å². The maximum atomic E-state index is 11.6. The van der Waals surface area contributed by atoms with Crippen LogP contribution in [-0.2, 0) is 9.59 Å². The zero-order valence-electron chi connectivity index (χ0n) is 10.2. The van der Waals surface area contributed by atoms with Crippen molar-refractivity contribution in [3.63, 3.8) is 0 Å². The summed E-state index contributed by atoms with van der Waals surface area (Å²) in [6, 6.07) is 4.25. The number of carbonyl (C=O) groups is 2. The SMILES string of the molecule is CCC(CO)NC(=O)C(=O)Nc1cccc(Cl)c1Cl. The summed E-state index contributed by atoms with van der Waals surface area (Å²) < 4.78 is 0. The fourth-order valence-corrected chi connectivity index (χ4v) is 1.65. The van der Waals surface area contributed by atoms with Gasteiger partial charge in [-0.05, 0) is 18.6 Å². The van der Waals surface area contributed by atoms with E-state index in [-0.39, 0.29) is 22.3 Å². The number of hydrogen-bond acceptors (Lipinski definition) is 3. The van der Waals surface area contributed by atoms with Crippen LogP contribution in [0.3, 0.4) is 0 Å². The molecule has 2 amide bonds. The van der Waals surface area contributed by atoms with E-state index in [4.69, 9.17) is 28.3 Å². The van der Waals surface area contributed by atoms with Crippen LogP contribution in [0.15, 0.2) is 18.2 Å². The average molecular weight is 305 g/mol. The van der Waals surface area contributed by atoms with Crippen molar-refractivity contribution in [2.24, 2.45) is 0 Å². The molecule has 19 heavy (non-hydrogen) atoms. The van der Waals surface area contributed by atoms with Gasteiger partial charge in [0.05, 0.1) is 28.4 Å². The van der Waals surface area contributed by atoms with Crippen molar-refractivity contribution in [2.75, 3.05) is 11.9 Å². The molecule has 0 aromatic heterocycles. The predicted octanol–water partition coefficient (Wildman–Crippen LogP) is 1.82. The number of aliphatic hydroxyl groups is 1. The van der Waals surface area contributed by atoms with Gasteiger partial charge >= 0.3 is 11.8 Å². The molecule has 0 bridgehead atoms. The number of nitrogens with one attached hydrogen (secondary N) is 2. The number of amides is 2. The highest BCUT2D eigenvalue weighted by Crippen LogP contribution is 2.29. The summed E-state index contributed by atoms with van der Waals surface area (Å²) in [6.07, 6.45) is 0.521. The number of aliphatic hydroxyl groups excluding tert-OH is 1. The Balaban J connectivity index is 2.69. The first kappa shape index (κ1) is 15.8. The normalized spacial score (nSPS) is 11.8.